The van der Waals surface area contributed by atoms with Crippen molar-refractivity contribution in [3.8, 4) is 0 Å². The van der Waals surface area contributed by atoms with Gasteiger partial charge in [0.1, 0.15) is 5.56 Å². The minimum absolute atomic E-state index is 0.178. The van der Waals surface area contributed by atoms with E-state index in [4.69, 9.17) is 16.7 Å². The average Bonchev–Trinajstić information content (AvgIpc) is 2.05. The first kappa shape index (κ1) is 8.80. The quantitative estimate of drug-likeness (QED) is 0.674. The van der Waals surface area contributed by atoms with Gasteiger partial charge in [0.05, 0.1) is 0 Å². The Bertz CT molecular complexity index is 358. The molecule has 0 atom stereocenters. The smallest absolute Gasteiger partial charge is 0.341 e. The van der Waals surface area contributed by atoms with E-state index in [0.29, 0.717) is 5.56 Å². The van der Waals surface area contributed by atoms with Gasteiger partial charge in [-0.2, -0.15) is 0 Å². The summed E-state index contributed by atoms with van der Waals surface area (Å²) in [5.74, 6) is -1.07. The standard InChI is InChI=1S/C7H6ClNO3/c8-2-4-1-5(7(11)12)6(10)9-3-4/h1,3H,2H2,(H,9,10)(H,11,12). The van der Waals surface area contributed by atoms with Crippen molar-refractivity contribution in [3.05, 3.63) is 33.7 Å². The van der Waals surface area contributed by atoms with Crippen LogP contribution in [0.2, 0.25) is 0 Å². The molecule has 1 aromatic heterocycles. The highest BCUT2D eigenvalue weighted by Gasteiger charge is 2.08. The van der Waals surface area contributed by atoms with Gasteiger partial charge in [-0.3, -0.25) is 4.79 Å². The van der Waals surface area contributed by atoms with Crippen LogP contribution in [0.25, 0.3) is 0 Å². The maximum atomic E-state index is 10.8. The van der Waals surface area contributed by atoms with Crippen molar-refractivity contribution in [2.24, 2.45) is 0 Å². The summed E-state index contributed by atoms with van der Waals surface area (Å²) in [7, 11) is 0. The Morgan fingerprint density at radius 3 is 2.83 bits per heavy atom. The third kappa shape index (κ3) is 1.65. The normalized spacial score (nSPS) is 9.75. The average molecular weight is 188 g/mol. The fourth-order valence-electron chi connectivity index (χ4n) is 0.765. The number of carboxylic acid groups (broad SMARTS) is 1. The number of nitrogens with one attached hydrogen (secondary N) is 1. The molecule has 0 aliphatic carbocycles. The van der Waals surface area contributed by atoms with Crippen molar-refractivity contribution in [3.63, 3.8) is 0 Å². The molecule has 5 heteroatoms. The van der Waals surface area contributed by atoms with Gasteiger partial charge in [0, 0.05) is 12.1 Å². The first-order chi connectivity index (χ1) is 5.65. The molecule has 0 aliphatic heterocycles. The molecule has 0 bridgehead atoms. The van der Waals surface area contributed by atoms with Crippen LogP contribution in [0.5, 0.6) is 0 Å². The summed E-state index contributed by atoms with van der Waals surface area (Å²) >= 11 is 5.44. The number of pyridine rings is 1. The van der Waals surface area contributed by atoms with E-state index >= 15 is 0 Å². The molecule has 0 fully saturated rings. The van der Waals surface area contributed by atoms with E-state index < -0.39 is 11.5 Å². The van der Waals surface area contributed by atoms with Crippen LogP contribution in [0.15, 0.2) is 17.1 Å². The van der Waals surface area contributed by atoms with Gasteiger partial charge in [0.25, 0.3) is 5.56 Å². The van der Waals surface area contributed by atoms with E-state index in [0.717, 1.165) is 0 Å². The lowest BCUT2D eigenvalue weighted by molar-refractivity contribution is 0.0695. The van der Waals surface area contributed by atoms with Gasteiger partial charge in [-0.25, -0.2) is 4.79 Å². The van der Waals surface area contributed by atoms with E-state index in [2.05, 4.69) is 4.98 Å². The molecular weight excluding hydrogens is 182 g/mol. The first-order valence-electron chi connectivity index (χ1n) is 3.16. The lowest BCUT2D eigenvalue weighted by Gasteiger charge is -1.95. The molecule has 0 radical (unpaired) electrons. The first-order valence-corrected chi connectivity index (χ1v) is 3.69. The van der Waals surface area contributed by atoms with E-state index in [-0.39, 0.29) is 11.4 Å². The number of H-pyrrole nitrogens is 1. The Balaban J connectivity index is 3.26. The molecule has 12 heavy (non-hydrogen) atoms. The van der Waals surface area contributed by atoms with E-state index in [9.17, 15) is 9.59 Å². The Hall–Kier alpha value is -1.29. The lowest BCUT2D eigenvalue weighted by Crippen LogP contribution is -2.17. The van der Waals surface area contributed by atoms with Crippen molar-refractivity contribution in [2.75, 3.05) is 0 Å². The number of halogens is 1. The fraction of sp³-hybridized carbons (Fsp3) is 0.143. The van der Waals surface area contributed by atoms with Crippen molar-refractivity contribution in [2.45, 2.75) is 5.88 Å². The summed E-state index contributed by atoms with van der Waals surface area (Å²) in [5, 5.41) is 8.52. The predicted molar refractivity (Wildman–Crippen MR) is 43.6 cm³/mol. The third-order valence-corrected chi connectivity index (χ3v) is 1.66. The summed E-state index contributed by atoms with van der Waals surface area (Å²) < 4.78 is 0. The topological polar surface area (TPSA) is 70.2 Å². The summed E-state index contributed by atoms with van der Waals surface area (Å²) in [5.41, 5.74) is -0.321. The van der Waals surface area contributed by atoms with Gasteiger partial charge < -0.3 is 10.1 Å². The van der Waals surface area contributed by atoms with Gasteiger partial charge >= 0.3 is 5.97 Å². The number of carbonyl (C=O) groups is 1. The molecule has 0 amide bonds. The van der Waals surface area contributed by atoms with Crippen molar-refractivity contribution in [1.29, 1.82) is 0 Å². The Morgan fingerprint density at radius 1 is 1.67 bits per heavy atom. The molecule has 1 aromatic rings. The molecule has 1 rings (SSSR count). The van der Waals surface area contributed by atoms with E-state index in [1.165, 1.54) is 12.3 Å². The zero-order valence-corrected chi connectivity index (χ0v) is 6.76. The van der Waals surface area contributed by atoms with Crippen LogP contribution in [-0.4, -0.2) is 16.1 Å². The Morgan fingerprint density at radius 2 is 2.33 bits per heavy atom. The number of hydrogen-bond acceptors (Lipinski definition) is 2. The van der Waals surface area contributed by atoms with Crippen LogP contribution >= 0.6 is 11.6 Å². The van der Waals surface area contributed by atoms with Gasteiger partial charge in [-0.15, -0.1) is 11.6 Å². The highest BCUT2D eigenvalue weighted by molar-refractivity contribution is 6.17. The third-order valence-electron chi connectivity index (χ3n) is 1.35. The van der Waals surface area contributed by atoms with Gasteiger partial charge in [0.15, 0.2) is 0 Å². The highest BCUT2D eigenvalue weighted by atomic mass is 35.5. The maximum absolute atomic E-state index is 10.8. The van der Waals surface area contributed by atoms with E-state index in [1.54, 1.807) is 0 Å². The Labute approximate surface area is 72.8 Å². The maximum Gasteiger partial charge on any atom is 0.341 e. The van der Waals surface area contributed by atoms with Crippen LogP contribution in [0.3, 0.4) is 0 Å². The zero-order valence-electron chi connectivity index (χ0n) is 6.00. The fourth-order valence-corrected chi connectivity index (χ4v) is 0.919. The molecule has 2 N–H and O–H groups in total. The second kappa shape index (κ2) is 3.40. The second-order valence-electron chi connectivity index (χ2n) is 2.19. The molecule has 0 unspecified atom stereocenters. The molecule has 4 nitrogen and oxygen atoms in total. The Kier molecular flexibility index (Phi) is 2.50. The molecule has 0 aromatic carbocycles. The van der Waals surface area contributed by atoms with Crippen LogP contribution < -0.4 is 5.56 Å². The van der Waals surface area contributed by atoms with E-state index in [1.807, 2.05) is 0 Å². The number of aromatic nitrogens is 1. The number of aromatic carboxylic acids is 1. The van der Waals surface area contributed by atoms with Crippen LogP contribution in [-0.2, 0) is 5.88 Å². The number of rotatable bonds is 2. The molecular formula is C7H6ClNO3. The summed E-state index contributed by atoms with van der Waals surface area (Å²) in [4.78, 5) is 23.6. The summed E-state index contributed by atoms with van der Waals surface area (Å²) in [6, 6.07) is 1.26. The van der Waals surface area contributed by atoms with Crippen molar-refractivity contribution < 1.29 is 9.90 Å². The molecule has 64 valence electrons. The van der Waals surface area contributed by atoms with Crippen molar-refractivity contribution >= 4 is 17.6 Å². The minimum atomic E-state index is -1.25. The van der Waals surface area contributed by atoms with Gasteiger partial charge in [0.2, 0.25) is 0 Å². The predicted octanol–water partition coefficient (Wildman–Crippen LogP) is 0.812. The minimum Gasteiger partial charge on any atom is -0.477 e. The van der Waals surface area contributed by atoms with Gasteiger partial charge in [-0.05, 0) is 11.6 Å². The lowest BCUT2D eigenvalue weighted by atomic mass is 10.2. The largest absolute Gasteiger partial charge is 0.477 e. The number of hydrogen-bond donors (Lipinski definition) is 2. The monoisotopic (exact) mass is 187 g/mol. The van der Waals surface area contributed by atoms with Crippen LogP contribution in [0.1, 0.15) is 15.9 Å². The second-order valence-corrected chi connectivity index (χ2v) is 2.46. The molecule has 0 spiro atoms. The molecule has 0 saturated heterocycles. The summed E-state index contributed by atoms with van der Waals surface area (Å²) in [6.07, 6.45) is 1.39. The number of carboxylic acids is 1. The van der Waals surface area contributed by atoms with Crippen LogP contribution in [0.4, 0.5) is 0 Å². The highest BCUT2D eigenvalue weighted by Crippen LogP contribution is 2.01. The van der Waals surface area contributed by atoms with Gasteiger partial charge in [-0.1, -0.05) is 0 Å². The molecule has 0 saturated carbocycles. The SMILES string of the molecule is O=C(O)c1cc(CCl)c[nH]c1=O. The van der Waals surface area contributed by atoms with Crippen molar-refractivity contribution in [1.82, 2.24) is 4.98 Å². The number of alkyl halides is 1. The molecule has 1 heterocycles. The molecule has 0 aliphatic rings. The zero-order chi connectivity index (χ0) is 9.14. The van der Waals surface area contributed by atoms with Crippen LogP contribution in [0, 0.1) is 0 Å². The summed E-state index contributed by atoms with van der Waals surface area (Å²) in [6.45, 7) is 0. The number of aromatic amines is 1.